The summed E-state index contributed by atoms with van der Waals surface area (Å²) >= 11 is 0. The van der Waals surface area contributed by atoms with E-state index in [-0.39, 0.29) is 5.75 Å². The van der Waals surface area contributed by atoms with Crippen LogP contribution in [0.15, 0.2) is 24.3 Å². The van der Waals surface area contributed by atoms with Crippen LogP contribution in [0, 0.1) is 0 Å². The SMILES string of the molecule is COCCOc1cccc(O)c1. The molecule has 0 aliphatic heterocycles. The number of ether oxygens (including phenoxy) is 2. The molecule has 0 aromatic heterocycles. The van der Waals surface area contributed by atoms with Crippen LogP contribution < -0.4 is 4.74 Å². The Morgan fingerprint density at radius 3 is 2.83 bits per heavy atom. The number of phenols is 1. The first-order valence-corrected chi connectivity index (χ1v) is 3.73. The zero-order chi connectivity index (χ0) is 8.81. The number of hydrogen-bond donors (Lipinski definition) is 1. The molecule has 0 saturated heterocycles. The molecule has 12 heavy (non-hydrogen) atoms. The fourth-order valence-electron chi connectivity index (χ4n) is 0.816. The molecule has 1 aromatic carbocycles. The van der Waals surface area contributed by atoms with Gasteiger partial charge in [0.1, 0.15) is 18.1 Å². The van der Waals surface area contributed by atoms with Gasteiger partial charge in [0.05, 0.1) is 6.61 Å². The second kappa shape index (κ2) is 4.62. The molecule has 3 heteroatoms. The average Bonchev–Trinajstić information content (AvgIpc) is 2.05. The molecular formula is C9H12O3. The van der Waals surface area contributed by atoms with Crippen molar-refractivity contribution in [2.75, 3.05) is 20.3 Å². The van der Waals surface area contributed by atoms with E-state index in [1.54, 1.807) is 31.4 Å². The molecule has 1 aromatic rings. The number of benzene rings is 1. The average molecular weight is 168 g/mol. The number of hydrogen-bond acceptors (Lipinski definition) is 3. The molecule has 0 radical (unpaired) electrons. The summed E-state index contributed by atoms with van der Waals surface area (Å²) in [7, 11) is 1.62. The summed E-state index contributed by atoms with van der Waals surface area (Å²) in [5, 5.41) is 9.06. The van der Waals surface area contributed by atoms with Gasteiger partial charge in [0.25, 0.3) is 0 Å². The van der Waals surface area contributed by atoms with Crippen LogP contribution in [0.3, 0.4) is 0 Å². The fraction of sp³-hybridized carbons (Fsp3) is 0.333. The lowest BCUT2D eigenvalue weighted by Gasteiger charge is -2.04. The highest BCUT2D eigenvalue weighted by Crippen LogP contribution is 2.17. The van der Waals surface area contributed by atoms with Crippen LogP contribution >= 0.6 is 0 Å². The predicted octanol–water partition coefficient (Wildman–Crippen LogP) is 1.42. The van der Waals surface area contributed by atoms with Gasteiger partial charge in [-0.3, -0.25) is 0 Å². The fourth-order valence-corrected chi connectivity index (χ4v) is 0.816. The third-order valence-corrected chi connectivity index (χ3v) is 1.37. The quantitative estimate of drug-likeness (QED) is 0.691. The van der Waals surface area contributed by atoms with Gasteiger partial charge in [-0.2, -0.15) is 0 Å². The predicted molar refractivity (Wildman–Crippen MR) is 45.5 cm³/mol. The monoisotopic (exact) mass is 168 g/mol. The van der Waals surface area contributed by atoms with E-state index in [1.807, 2.05) is 0 Å². The number of methoxy groups -OCH3 is 1. The molecule has 0 aliphatic rings. The van der Waals surface area contributed by atoms with Gasteiger partial charge in [-0.15, -0.1) is 0 Å². The normalized spacial score (nSPS) is 9.75. The van der Waals surface area contributed by atoms with Crippen molar-refractivity contribution in [2.24, 2.45) is 0 Å². The van der Waals surface area contributed by atoms with E-state index in [9.17, 15) is 0 Å². The van der Waals surface area contributed by atoms with Gasteiger partial charge >= 0.3 is 0 Å². The molecule has 0 bridgehead atoms. The minimum absolute atomic E-state index is 0.213. The summed E-state index contributed by atoms with van der Waals surface area (Å²) in [6.45, 7) is 1.05. The Hall–Kier alpha value is -1.22. The van der Waals surface area contributed by atoms with Gasteiger partial charge in [-0.05, 0) is 12.1 Å². The van der Waals surface area contributed by atoms with Gasteiger partial charge in [-0.1, -0.05) is 6.07 Å². The highest BCUT2D eigenvalue weighted by Gasteiger charge is 1.93. The van der Waals surface area contributed by atoms with E-state index in [0.717, 1.165) is 0 Å². The van der Waals surface area contributed by atoms with Crippen molar-refractivity contribution in [1.82, 2.24) is 0 Å². The lowest BCUT2D eigenvalue weighted by molar-refractivity contribution is 0.146. The van der Waals surface area contributed by atoms with E-state index in [0.29, 0.717) is 19.0 Å². The smallest absolute Gasteiger partial charge is 0.123 e. The molecule has 0 saturated carbocycles. The Bertz CT molecular complexity index is 235. The summed E-state index contributed by atoms with van der Waals surface area (Å²) in [6, 6.07) is 6.69. The minimum atomic E-state index is 0.213. The summed E-state index contributed by atoms with van der Waals surface area (Å²) in [5.41, 5.74) is 0. The van der Waals surface area contributed by atoms with Gasteiger partial charge in [-0.25, -0.2) is 0 Å². The van der Waals surface area contributed by atoms with E-state index >= 15 is 0 Å². The van der Waals surface area contributed by atoms with Gasteiger partial charge < -0.3 is 14.6 Å². The van der Waals surface area contributed by atoms with Gasteiger partial charge in [0.2, 0.25) is 0 Å². The maximum atomic E-state index is 9.06. The van der Waals surface area contributed by atoms with Crippen molar-refractivity contribution in [1.29, 1.82) is 0 Å². The maximum Gasteiger partial charge on any atom is 0.123 e. The largest absolute Gasteiger partial charge is 0.508 e. The first kappa shape index (κ1) is 8.87. The highest BCUT2D eigenvalue weighted by atomic mass is 16.5. The molecule has 0 amide bonds. The van der Waals surface area contributed by atoms with Crippen LogP contribution in [-0.2, 0) is 4.74 Å². The molecule has 0 aliphatic carbocycles. The van der Waals surface area contributed by atoms with Crippen LogP contribution in [0.4, 0.5) is 0 Å². The molecular weight excluding hydrogens is 156 g/mol. The number of phenolic OH excluding ortho intramolecular Hbond substituents is 1. The maximum absolute atomic E-state index is 9.06. The Kier molecular flexibility index (Phi) is 3.41. The summed E-state index contributed by atoms with van der Waals surface area (Å²) in [4.78, 5) is 0. The van der Waals surface area contributed by atoms with Gasteiger partial charge in [0, 0.05) is 13.2 Å². The van der Waals surface area contributed by atoms with E-state index in [4.69, 9.17) is 14.6 Å². The minimum Gasteiger partial charge on any atom is -0.508 e. The van der Waals surface area contributed by atoms with Crippen molar-refractivity contribution >= 4 is 0 Å². The Labute approximate surface area is 71.5 Å². The van der Waals surface area contributed by atoms with Crippen molar-refractivity contribution < 1.29 is 14.6 Å². The molecule has 3 nitrogen and oxygen atoms in total. The topological polar surface area (TPSA) is 38.7 Å². The molecule has 1 N–H and O–H groups in total. The second-order valence-corrected chi connectivity index (χ2v) is 2.34. The molecule has 0 heterocycles. The van der Waals surface area contributed by atoms with Crippen LogP contribution in [0.5, 0.6) is 11.5 Å². The third-order valence-electron chi connectivity index (χ3n) is 1.37. The zero-order valence-corrected chi connectivity index (χ0v) is 6.99. The zero-order valence-electron chi connectivity index (χ0n) is 6.99. The van der Waals surface area contributed by atoms with E-state index in [2.05, 4.69) is 0 Å². The van der Waals surface area contributed by atoms with Gasteiger partial charge in [0.15, 0.2) is 0 Å². The van der Waals surface area contributed by atoms with Crippen LogP contribution in [0.2, 0.25) is 0 Å². The first-order valence-electron chi connectivity index (χ1n) is 3.73. The summed E-state index contributed by atoms with van der Waals surface area (Å²) in [5.74, 6) is 0.872. The van der Waals surface area contributed by atoms with Crippen molar-refractivity contribution in [2.45, 2.75) is 0 Å². The van der Waals surface area contributed by atoms with Crippen molar-refractivity contribution in [3.63, 3.8) is 0 Å². The molecule has 1 rings (SSSR count). The lowest BCUT2D eigenvalue weighted by atomic mass is 10.3. The molecule has 0 unspecified atom stereocenters. The molecule has 0 atom stereocenters. The summed E-state index contributed by atoms with van der Waals surface area (Å²) < 4.78 is 10.0. The highest BCUT2D eigenvalue weighted by molar-refractivity contribution is 5.31. The molecule has 0 spiro atoms. The number of rotatable bonds is 4. The standard InChI is InChI=1S/C9H12O3/c1-11-5-6-12-9-4-2-3-8(10)7-9/h2-4,7,10H,5-6H2,1H3. The van der Waals surface area contributed by atoms with Crippen LogP contribution in [0.1, 0.15) is 0 Å². The lowest BCUT2D eigenvalue weighted by Crippen LogP contribution is -2.03. The van der Waals surface area contributed by atoms with Crippen molar-refractivity contribution in [3.05, 3.63) is 24.3 Å². The first-order chi connectivity index (χ1) is 5.83. The Morgan fingerprint density at radius 2 is 2.17 bits per heavy atom. The molecule has 0 fully saturated rings. The van der Waals surface area contributed by atoms with E-state index in [1.165, 1.54) is 0 Å². The third kappa shape index (κ3) is 2.80. The van der Waals surface area contributed by atoms with Crippen LogP contribution in [-0.4, -0.2) is 25.4 Å². The Morgan fingerprint density at radius 1 is 1.33 bits per heavy atom. The van der Waals surface area contributed by atoms with E-state index < -0.39 is 0 Å². The van der Waals surface area contributed by atoms with Crippen molar-refractivity contribution in [3.8, 4) is 11.5 Å². The molecule has 66 valence electrons. The summed E-state index contributed by atoms with van der Waals surface area (Å²) in [6.07, 6.45) is 0. The number of aromatic hydroxyl groups is 1. The Balaban J connectivity index is 2.41. The second-order valence-electron chi connectivity index (χ2n) is 2.34. The van der Waals surface area contributed by atoms with Crippen LogP contribution in [0.25, 0.3) is 0 Å².